The zero-order chi connectivity index (χ0) is 19.9. The van der Waals surface area contributed by atoms with Crippen LogP contribution in [-0.2, 0) is 14.9 Å². The standard InChI is InChI=1S/C20H31N3O4S/c1-15(2)6-7-19-17-12-16(18-4-3-5-20(24)23(18)19)13-22(14-17)28(25,26)21-8-10-27-11-9-21/h3-5,15-17,19H,6-14H2,1-2H3/t16-,17+,19+/m1/s1. The van der Waals surface area contributed by atoms with E-state index in [9.17, 15) is 13.2 Å². The minimum absolute atomic E-state index is 0.0467. The second-order valence-corrected chi connectivity index (χ2v) is 10.7. The Labute approximate surface area is 167 Å². The molecule has 28 heavy (non-hydrogen) atoms. The molecule has 0 radical (unpaired) electrons. The fraction of sp³-hybridized carbons (Fsp3) is 0.750. The monoisotopic (exact) mass is 409 g/mol. The van der Waals surface area contributed by atoms with E-state index in [2.05, 4.69) is 13.8 Å². The van der Waals surface area contributed by atoms with Gasteiger partial charge in [0.1, 0.15) is 0 Å². The first-order valence-corrected chi connectivity index (χ1v) is 11.8. The van der Waals surface area contributed by atoms with Gasteiger partial charge in [-0.15, -0.1) is 0 Å². The molecular weight excluding hydrogens is 378 g/mol. The van der Waals surface area contributed by atoms with E-state index in [4.69, 9.17) is 4.74 Å². The predicted octanol–water partition coefficient (Wildman–Crippen LogP) is 1.82. The van der Waals surface area contributed by atoms with Crippen LogP contribution in [0.25, 0.3) is 0 Å². The van der Waals surface area contributed by atoms with E-state index in [-0.39, 0.29) is 23.4 Å². The zero-order valence-corrected chi connectivity index (χ0v) is 17.6. The molecule has 0 saturated carbocycles. The summed E-state index contributed by atoms with van der Waals surface area (Å²) < 4.78 is 37.0. The molecule has 156 valence electrons. The Morgan fingerprint density at radius 3 is 2.61 bits per heavy atom. The smallest absolute Gasteiger partial charge is 0.282 e. The third-order valence-electron chi connectivity index (χ3n) is 6.43. The zero-order valence-electron chi connectivity index (χ0n) is 16.8. The Balaban J connectivity index is 1.66. The van der Waals surface area contributed by atoms with Crippen LogP contribution < -0.4 is 5.56 Å². The predicted molar refractivity (Wildman–Crippen MR) is 108 cm³/mol. The van der Waals surface area contributed by atoms with Gasteiger partial charge in [-0.1, -0.05) is 19.9 Å². The van der Waals surface area contributed by atoms with E-state index in [1.54, 1.807) is 14.7 Å². The van der Waals surface area contributed by atoms with Crippen LogP contribution >= 0.6 is 0 Å². The molecule has 2 bridgehead atoms. The van der Waals surface area contributed by atoms with Crippen molar-refractivity contribution in [1.82, 2.24) is 13.2 Å². The van der Waals surface area contributed by atoms with E-state index in [0.29, 0.717) is 45.3 Å². The van der Waals surface area contributed by atoms with Gasteiger partial charge in [-0.3, -0.25) is 4.79 Å². The van der Waals surface area contributed by atoms with Gasteiger partial charge in [-0.25, -0.2) is 0 Å². The maximum absolute atomic E-state index is 13.3. The second kappa shape index (κ2) is 7.89. The molecule has 3 aliphatic rings. The summed E-state index contributed by atoms with van der Waals surface area (Å²) in [6.07, 6.45) is 2.90. The highest BCUT2D eigenvalue weighted by Gasteiger charge is 2.44. The van der Waals surface area contributed by atoms with E-state index in [1.165, 1.54) is 0 Å². The maximum Gasteiger partial charge on any atom is 0.282 e. The minimum Gasteiger partial charge on any atom is -0.379 e. The van der Waals surface area contributed by atoms with Gasteiger partial charge in [0.2, 0.25) is 0 Å². The fourth-order valence-corrected chi connectivity index (χ4v) is 6.69. The number of piperidine rings is 1. The fourth-order valence-electron chi connectivity index (χ4n) is 5.00. The van der Waals surface area contributed by atoms with Crippen LogP contribution in [0.15, 0.2) is 23.0 Å². The number of nitrogens with zero attached hydrogens (tertiary/aromatic N) is 3. The van der Waals surface area contributed by atoms with Crippen LogP contribution in [0.1, 0.15) is 50.8 Å². The molecule has 0 aromatic carbocycles. The van der Waals surface area contributed by atoms with Crippen LogP contribution in [0.5, 0.6) is 0 Å². The lowest BCUT2D eigenvalue weighted by Crippen LogP contribution is -2.55. The van der Waals surface area contributed by atoms with Gasteiger partial charge in [0, 0.05) is 49.9 Å². The lowest BCUT2D eigenvalue weighted by Gasteiger charge is -2.47. The quantitative estimate of drug-likeness (QED) is 0.744. The Morgan fingerprint density at radius 2 is 1.89 bits per heavy atom. The van der Waals surface area contributed by atoms with E-state index in [1.807, 2.05) is 16.7 Å². The van der Waals surface area contributed by atoms with Gasteiger partial charge in [0.15, 0.2) is 0 Å². The van der Waals surface area contributed by atoms with Crippen molar-refractivity contribution < 1.29 is 13.2 Å². The highest BCUT2D eigenvalue weighted by Crippen LogP contribution is 2.44. The molecule has 0 N–H and O–H groups in total. The summed E-state index contributed by atoms with van der Waals surface area (Å²) in [5.74, 6) is 0.817. The van der Waals surface area contributed by atoms with Crippen molar-refractivity contribution in [3.05, 3.63) is 34.2 Å². The first-order chi connectivity index (χ1) is 13.4. The van der Waals surface area contributed by atoms with Crippen molar-refractivity contribution in [3.8, 4) is 0 Å². The van der Waals surface area contributed by atoms with Gasteiger partial charge in [0.25, 0.3) is 15.8 Å². The molecule has 2 saturated heterocycles. The summed E-state index contributed by atoms with van der Waals surface area (Å²) in [7, 11) is -3.50. The van der Waals surface area contributed by atoms with Gasteiger partial charge in [-0.05, 0) is 37.2 Å². The molecule has 0 aliphatic carbocycles. The summed E-state index contributed by atoms with van der Waals surface area (Å²) in [6, 6.07) is 5.53. The first kappa shape index (κ1) is 20.1. The topological polar surface area (TPSA) is 71.9 Å². The number of morpholine rings is 1. The Kier molecular flexibility index (Phi) is 5.66. The summed E-state index contributed by atoms with van der Waals surface area (Å²) in [6.45, 7) is 7.08. The lowest BCUT2D eigenvalue weighted by molar-refractivity contribution is 0.0661. The highest BCUT2D eigenvalue weighted by atomic mass is 32.2. The van der Waals surface area contributed by atoms with Gasteiger partial charge >= 0.3 is 0 Å². The molecular formula is C20H31N3O4S. The molecule has 3 aliphatic heterocycles. The van der Waals surface area contributed by atoms with Crippen molar-refractivity contribution in [2.45, 2.75) is 45.1 Å². The molecule has 1 aromatic heterocycles. The molecule has 4 rings (SSSR count). The molecule has 2 fully saturated rings. The average Bonchev–Trinajstić information content (AvgIpc) is 2.68. The number of aromatic nitrogens is 1. The Hall–Kier alpha value is -1.22. The lowest BCUT2D eigenvalue weighted by atomic mass is 9.77. The molecule has 1 aromatic rings. The summed E-state index contributed by atoms with van der Waals surface area (Å²) >= 11 is 0. The molecule has 3 atom stereocenters. The van der Waals surface area contributed by atoms with Gasteiger partial charge in [0.05, 0.1) is 13.2 Å². The second-order valence-electron chi connectivity index (χ2n) is 8.73. The molecule has 8 heteroatoms. The van der Waals surface area contributed by atoms with Crippen molar-refractivity contribution >= 4 is 10.2 Å². The van der Waals surface area contributed by atoms with Crippen molar-refractivity contribution in [1.29, 1.82) is 0 Å². The summed E-state index contributed by atoms with van der Waals surface area (Å²) in [5, 5.41) is 0. The van der Waals surface area contributed by atoms with Crippen LogP contribution in [0.2, 0.25) is 0 Å². The number of pyridine rings is 1. The number of rotatable bonds is 5. The molecule has 0 spiro atoms. The molecule has 0 unspecified atom stereocenters. The SMILES string of the molecule is CC(C)CC[C@H]1[C@H]2C[C@H](CN(S(=O)(=O)N3CCOCC3)C2)c2cccc(=O)n21. The van der Waals surface area contributed by atoms with Crippen molar-refractivity contribution in [3.63, 3.8) is 0 Å². The average molecular weight is 410 g/mol. The van der Waals surface area contributed by atoms with Crippen LogP contribution in [0.4, 0.5) is 0 Å². The van der Waals surface area contributed by atoms with E-state index < -0.39 is 10.2 Å². The highest BCUT2D eigenvalue weighted by molar-refractivity contribution is 7.86. The third kappa shape index (κ3) is 3.67. The van der Waals surface area contributed by atoms with Gasteiger partial charge < -0.3 is 9.30 Å². The summed E-state index contributed by atoms with van der Waals surface area (Å²) in [5.41, 5.74) is 1.05. The largest absolute Gasteiger partial charge is 0.379 e. The van der Waals surface area contributed by atoms with Gasteiger partial charge in [-0.2, -0.15) is 17.0 Å². The molecule has 7 nitrogen and oxygen atoms in total. The number of hydrogen-bond donors (Lipinski definition) is 0. The van der Waals surface area contributed by atoms with Crippen molar-refractivity contribution in [2.75, 3.05) is 39.4 Å². The summed E-state index contributed by atoms with van der Waals surface area (Å²) in [4.78, 5) is 12.7. The van der Waals surface area contributed by atoms with E-state index >= 15 is 0 Å². The first-order valence-electron chi connectivity index (χ1n) is 10.4. The van der Waals surface area contributed by atoms with Crippen LogP contribution in [-0.4, -0.2) is 61.0 Å². The normalized spacial score (nSPS) is 29.0. The number of ether oxygens (including phenoxy) is 1. The molecule has 4 heterocycles. The Morgan fingerprint density at radius 1 is 1.14 bits per heavy atom. The number of hydrogen-bond acceptors (Lipinski definition) is 4. The Bertz CT molecular complexity index is 860. The molecule has 0 amide bonds. The third-order valence-corrected chi connectivity index (χ3v) is 8.40. The van der Waals surface area contributed by atoms with Crippen LogP contribution in [0, 0.1) is 11.8 Å². The van der Waals surface area contributed by atoms with Crippen LogP contribution in [0.3, 0.4) is 0 Å². The van der Waals surface area contributed by atoms with Crippen molar-refractivity contribution in [2.24, 2.45) is 11.8 Å². The maximum atomic E-state index is 13.3. The van der Waals surface area contributed by atoms with E-state index in [0.717, 1.165) is 25.0 Å². The minimum atomic E-state index is -3.50. The number of fused-ring (bicyclic) bond motifs is 4.